The van der Waals surface area contributed by atoms with Crippen LogP contribution in [0.3, 0.4) is 0 Å². The molecule has 11 nitrogen and oxygen atoms in total. The first-order valence-electron chi connectivity index (χ1n) is 15.1. The molecule has 1 saturated heterocycles. The van der Waals surface area contributed by atoms with Gasteiger partial charge in [0.1, 0.15) is 12.1 Å². The van der Waals surface area contributed by atoms with Crippen molar-refractivity contribution in [2.24, 2.45) is 11.8 Å². The molecule has 4 N–H and O–H groups in total. The highest BCUT2D eigenvalue weighted by atomic mass is 16.2. The second-order valence-corrected chi connectivity index (χ2v) is 11.4. The van der Waals surface area contributed by atoms with Gasteiger partial charge in [0.25, 0.3) is 5.91 Å². The lowest BCUT2D eigenvalue weighted by Crippen LogP contribution is -2.57. The highest BCUT2D eigenvalue weighted by Gasteiger charge is 2.37. The molecule has 2 aliphatic rings. The fraction of sp³-hybridized carbons (Fsp3) is 0.613. The molecule has 1 aromatic carbocycles. The lowest BCUT2D eigenvalue weighted by Gasteiger charge is -2.31. The zero-order chi connectivity index (χ0) is 30.6. The molecular weight excluding hydrogens is 538 g/mol. The molecule has 1 aliphatic carbocycles. The highest BCUT2D eigenvalue weighted by Crippen LogP contribution is 2.24. The van der Waals surface area contributed by atoms with Crippen molar-refractivity contribution in [1.82, 2.24) is 26.2 Å². The number of hydrogen-bond acceptors (Lipinski definition) is 6. The Balaban J connectivity index is 1.68. The number of likely N-dealkylation sites (N-methyl/N-ethyl adjacent to an activating group) is 1. The molecule has 11 heteroatoms. The Morgan fingerprint density at radius 1 is 1.00 bits per heavy atom. The van der Waals surface area contributed by atoms with E-state index in [1.54, 1.807) is 6.92 Å². The maximum Gasteiger partial charge on any atom is 0.289 e. The summed E-state index contributed by atoms with van der Waals surface area (Å²) in [6.07, 6.45) is 6.03. The van der Waals surface area contributed by atoms with E-state index in [4.69, 9.17) is 0 Å². The summed E-state index contributed by atoms with van der Waals surface area (Å²) in [5.74, 6) is -3.75. The summed E-state index contributed by atoms with van der Waals surface area (Å²) in [7, 11) is 1.50. The Bertz CT molecular complexity index is 1120. The van der Waals surface area contributed by atoms with Crippen molar-refractivity contribution in [2.45, 2.75) is 96.3 Å². The molecule has 0 unspecified atom stereocenters. The minimum atomic E-state index is -1.24. The summed E-state index contributed by atoms with van der Waals surface area (Å²) >= 11 is 0. The molecule has 1 heterocycles. The van der Waals surface area contributed by atoms with Gasteiger partial charge >= 0.3 is 0 Å². The fourth-order valence-electron chi connectivity index (χ4n) is 5.67. The minimum absolute atomic E-state index is 0.0283. The van der Waals surface area contributed by atoms with Crippen LogP contribution < -0.4 is 21.3 Å². The van der Waals surface area contributed by atoms with Crippen LogP contribution in [0, 0.1) is 11.8 Å². The van der Waals surface area contributed by atoms with Gasteiger partial charge < -0.3 is 26.2 Å². The van der Waals surface area contributed by atoms with Crippen LogP contribution in [0.25, 0.3) is 0 Å². The van der Waals surface area contributed by atoms with Crippen molar-refractivity contribution in [2.75, 3.05) is 13.6 Å². The highest BCUT2D eigenvalue weighted by molar-refractivity contribution is 6.38. The number of benzene rings is 1. The van der Waals surface area contributed by atoms with Crippen LogP contribution in [-0.4, -0.2) is 71.9 Å². The minimum Gasteiger partial charge on any atom is -0.356 e. The topological polar surface area (TPSA) is 154 Å². The van der Waals surface area contributed by atoms with Crippen LogP contribution >= 0.6 is 0 Å². The number of nitrogens with zero attached hydrogens (tertiary/aromatic N) is 1. The van der Waals surface area contributed by atoms with Gasteiger partial charge in [-0.2, -0.15) is 0 Å². The molecule has 0 aromatic heterocycles. The maximum absolute atomic E-state index is 13.6. The van der Waals surface area contributed by atoms with Crippen LogP contribution in [0.15, 0.2) is 30.3 Å². The molecule has 0 radical (unpaired) electrons. The Hall–Kier alpha value is -3.76. The van der Waals surface area contributed by atoms with Gasteiger partial charge in [0, 0.05) is 32.0 Å². The summed E-state index contributed by atoms with van der Waals surface area (Å²) in [5.41, 5.74) is 0.808. The molecule has 42 heavy (non-hydrogen) atoms. The first-order chi connectivity index (χ1) is 20.1. The number of carbonyl (C=O) groups excluding carboxylic acids is 6. The Morgan fingerprint density at radius 2 is 1.69 bits per heavy atom. The van der Waals surface area contributed by atoms with Crippen LogP contribution in [0.4, 0.5) is 0 Å². The standard InChI is InChI=1S/C31H45N5O6/c1-4-11-25(36(3)31(42)20(2)34-28(39)22-14-9-6-10-15-22)29(40)35-24(18-23-16-17-32-27(23)38)26(37)30(41)33-19-21-12-7-5-8-13-21/h5,7-8,12-13,20,22-25H,4,6,9-11,14-19H2,1-3H3,(H,32,38)(H,33,41)(H,34,39)(H,35,40)/t20-,23+,24+,25+/m1/s1. The van der Waals surface area contributed by atoms with Gasteiger partial charge in [0.15, 0.2) is 0 Å². The number of Topliss-reactive ketones (excluding diaryl/α,β-unsaturated/α-hetero) is 1. The molecule has 4 atom stereocenters. The first-order valence-corrected chi connectivity index (χ1v) is 15.1. The van der Waals surface area contributed by atoms with Gasteiger partial charge in [-0.25, -0.2) is 0 Å². The van der Waals surface area contributed by atoms with Gasteiger partial charge in [0.2, 0.25) is 29.4 Å². The molecule has 2 fully saturated rings. The van der Waals surface area contributed by atoms with E-state index in [2.05, 4.69) is 21.3 Å². The molecule has 0 bridgehead atoms. The molecule has 1 saturated carbocycles. The summed E-state index contributed by atoms with van der Waals surface area (Å²) < 4.78 is 0. The number of rotatable bonds is 14. The Labute approximate surface area is 247 Å². The second kappa shape index (κ2) is 16.0. The van der Waals surface area contributed by atoms with E-state index in [1.165, 1.54) is 11.9 Å². The number of carbonyl (C=O) groups is 6. The van der Waals surface area contributed by atoms with Crippen molar-refractivity contribution in [3.8, 4) is 0 Å². The summed E-state index contributed by atoms with van der Waals surface area (Å²) in [4.78, 5) is 79.3. The quantitative estimate of drug-likeness (QED) is 0.244. The number of hydrogen-bond donors (Lipinski definition) is 4. The average Bonchev–Trinajstić information content (AvgIpc) is 3.41. The van der Waals surface area contributed by atoms with Gasteiger partial charge in [-0.05, 0) is 44.6 Å². The average molecular weight is 584 g/mol. The van der Waals surface area contributed by atoms with E-state index in [0.29, 0.717) is 25.8 Å². The third kappa shape index (κ3) is 9.12. The SMILES string of the molecule is CCC[C@@H](C(=O)N[C@@H](C[C@@H]1CCNC1=O)C(=O)C(=O)NCc1ccccc1)N(C)C(=O)[C@@H](C)NC(=O)C1CCCCC1. The van der Waals surface area contributed by atoms with Crippen molar-refractivity contribution in [3.63, 3.8) is 0 Å². The molecule has 5 amide bonds. The maximum atomic E-state index is 13.6. The van der Waals surface area contributed by atoms with Crippen molar-refractivity contribution in [3.05, 3.63) is 35.9 Å². The normalized spacial score (nSPS) is 19.1. The van der Waals surface area contributed by atoms with E-state index in [-0.39, 0.29) is 30.7 Å². The lowest BCUT2D eigenvalue weighted by atomic mass is 9.88. The summed E-state index contributed by atoms with van der Waals surface area (Å²) in [6.45, 7) is 4.06. The third-order valence-electron chi connectivity index (χ3n) is 8.22. The predicted octanol–water partition coefficient (Wildman–Crippen LogP) is 1.60. The van der Waals surface area contributed by atoms with E-state index in [9.17, 15) is 28.8 Å². The first kappa shape index (κ1) is 32.8. The van der Waals surface area contributed by atoms with Gasteiger partial charge in [-0.1, -0.05) is 62.9 Å². The van der Waals surface area contributed by atoms with Gasteiger partial charge in [-0.15, -0.1) is 0 Å². The molecule has 1 aliphatic heterocycles. The fourth-order valence-corrected chi connectivity index (χ4v) is 5.67. The number of ketones is 1. The van der Waals surface area contributed by atoms with Crippen LogP contribution in [0.2, 0.25) is 0 Å². The predicted molar refractivity (Wildman–Crippen MR) is 157 cm³/mol. The number of amides is 5. The zero-order valence-electron chi connectivity index (χ0n) is 24.9. The van der Waals surface area contributed by atoms with E-state index >= 15 is 0 Å². The van der Waals surface area contributed by atoms with E-state index in [1.807, 2.05) is 37.3 Å². The van der Waals surface area contributed by atoms with E-state index < -0.39 is 47.5 Å². The van der Waals surface area contributed by atoms with Gasteiger partial charge in [0.05, 0.1) is 6.04 Å². The summed E-state index contributed by atoms with van der Waals surface area (Å²) in [5, 5.41) is 10.8. The lowest BCUT2D eigenvalue weighted by molar-refractivity contribution is -0.144. The second-order valence-electron chi connectivity index (χ2n) is 11.4. The zero-order valence-corrected chi connectivity index (χ0v) is 24.9. The largest absolute Gasteiger partial charge is 0.356 e. The van der Waals surface area contributed by atoms with Crippen LogP contribution in [0.1, 0.15) is 77.2 Å². The molecule has 230 valence electrons. The number of nitrogens with one attached hydrogen (secondary N) is 4. The Morgan fingerprint density at radius 3 is 2.31 bits per heavy atom. The summed E-state index contributed by atoms with van der Waals surface area (Å²) in [6, 6.07) is 6.10. The molecule has 0 spiro atoms. The molecule has 3 rings (SSSR count). The smallest absolute Gasteiger partial charge is 0.289 e. The van der Waals surface area contributed by atoms with E-state index in [0.717, 1.165) is 37.7 Å². The molecular formula is C31H45N5O6. The third-order valence-corrected chi connectivity index (χ3v) is 8.22. The van der Waals surface area contributed by atoms with Crippen LogP contribution in [0.5, 0.6) is 0 Å². The van der Waals surface area contributed by atoms with Crippen LogP contribution in [-0.2, 0) is 35.3 Å². The monoisotopic (exact) mass is 583 g/mol. The van der Waals surface area contributed by atoms with Gasteiger partial charge in [-0.3, -0.25) is 28.8 Å². The van der Waals surface area contributed by atoms with Crippen molar-refractivity contribution in [1.29, 1.82) is 0 Å². The van der Waals surface area contributed by atoms with Crippen molar-refractivity contribution < 1.29 is 28.8 Å². The Kier molecular flexibility index (Phi) is 12.5. The van der Waals surface area contributed by atoms with Crippen molar-refractivity contribution >= 4 is 35.3 Å². The molecule has 1 aromatic rings.